The molecule has 0 spiro atoms. The minimum Gasteiger partial charge on any atom is -0.488 e. The zero-order chi connectivity index (χ0) is 22.4. The number of nitriles is 1. The molecule has 32 heavy (non-hydrogen) atoms. The van der Waals surface area contributed by atoms with Crippen LogP contribution < -0.4 is 4.74 Å². The number of carbonyl (C=O) groups is 3. The van der Waals surface area contributed by atoms with Gasteiger partial charge in [0.2, 0.25) is 5.91 Å². The molecule has 2 amide bonds. The van der Waals surface area contributed by atoms with E-state index in [1.54, 1.807) is 24.5 Å². The van der Waals surface area contributed by atoms with E-state index in [4.69, 9.17) is 9.72 Å². The van der Waals surface area contributed by atoms with Gasteiger partial charge < -0.3 is 19.3 Å². The zero-order valence-corrected chi connectivity index (χ0v) is 18.6. The van der Waals surface area contributed by atoms with Crippen LogP contribution in [0.25, 0.3) is 10.2 Å². The first kappa shape index (κ1) is 20.9. The topological polar surface area (TPSA) is 104 Å². The summed E-state index contributed by atoms with van der Waals surface area (Å²) in [6, 6.07) is 5.02. The number of carbonyl (C=O) groups excluding carboxylic acids is 3. The van der Waals surface area contributed by atoms with Crippen molar-refractivity contribution in [2.75, 3.05) is 20.1 Å². The van der Waals surface area contributed by atoms with Crippen LogP contribution in [0.1, 0.15) is 53.4 Å². The number of rotatable bonds is 7. The van der Waals surface area contributed by atoms with Gasteiger partial charge in [-0.1, -0.05) is 0 Å². The maximum Gasteiger partial charge on any atom is 0.254 e. The molecular weight excluding hydrogens is 428 g/mol. The van der Waals surface area contributed by atoms with Gasteiger partial charge >= 0.3 is 0 Å². The van der Waals surface area contributed by atoms with E-state index in [0.717, 1.165) is 47.2 Å². The van der Waals surface area contributed by atoms with Crippen molar-refractivity contribution in [1.82, 2.24) is 14.8 Å². The van der Waals surface area contributed by atoms with Crippen LogP contribution in [0, 0.1) is 17.2 Å². The lowest BCUT2D eigenvalue weighted by Crippen LogP contribution is -2.43. The van der Waals surface area contributed by atoms with Crippen LogP contribution in [0.15, 0.2) is 12.1 Å². The standard InChI is InChI=1S/C23H24N4O4S/c1-26(11-20(29)27-10-13(12-28)6-16(27)9-24)23(30)15-7-18(31-17-4-5-17)21-19(8-15)32-22(25-21)14-2-3-14/h7-8,12-14,16-17H,2-6,10-11H2,1H3. The van der Waals surface area contributed by atoms with Crippen molar-refractivity contribution in [3.8, 4) is 11.8 Å². The molecule has 0 bridgehead atoms. The van der Waals surface area contributed by atoms with Gasteiger partial charge in [0.05, 0.1) is 28.4 Å². The lowest BCUT2D eigenvalue weighted by atomic mass is 10.1. The number of hydrogen-bond donors (Lipinski definition) is 0. The summed E-state index contributed by atoms with van der Waals surface area (Å²) >= 11 is 1.61. The second-order valence-electron chi connectivity index (χ2n) is 8.95. The Labute approximate surface area is 189 Å². The van der Waals surface area contributed by atoms with Crippen molar-refractivity contribution >= 4 is 39.7 Å². The highest BCUT2D eigenvalue weighted by atomic mass is 32.1. The van der Waals surface area contributed by atoms with Crippen LogP contribution >= 0.6 is 11.3 Å². The number of benzene rings is 1. The molecule has 2 atom stereocenters. The number of amides is 2. The largest absolute Gasteiger partial charge is 0.488 e. The molecule has 2 unspecified atom stereocenters. The molecule has 1 aromatic carbocycles. The van der Waals surface area contributed by atoms with Gasteiger partial charge in [0.15, 0.2) is 0 Å². The molecule has 5 rings (SSSR count). The van der Waals surface area contributed by atoms with Gasteiger partial charge in [-0.15, -0.1) is 11.3 Å². The summed E-state index contributed by atoms with van der Waals surface area (Å²) < 4.78 is 6.99. The minimum atomic E-state index is -0.630. The Balaban J connectivity index is 1.36. The molecule has 2 heterocycles. The number of hydrogen-bond acceptors (Lipinski definition) is 7. The third kappa shape index (κ3) is 4.07. The van der Waals surface area contributed by atoms with E-state index in [0.29, 0.717) is 23.7 Å². The number of ether oxygens (including phenoxy) is 1. The number of thiazole rings is 1. The summed E-state index contributed by atoms with van der Waals surface area (Å²) in [5.41, 5.74) is 1.27. The number of likely N-dealkylation sites (tertiary alicyclic amines) is 1. The van der Waals surface area contributed by atoms with E-state index >= 15 is 0 Å². The van der Waals surface area contributed by atoms with Gasteiger partial charge in [-0.05, 0) is 44.2 Å². The zero-order valence-electron chi connectivity index (χ0n) is 17.8. The van der Waals surface area contributed by atoms with Crippen LogP contribution in [0.5, 0.6) is 5.75 Å². The van der Waals surface area contributed by atoms with Crippen molar-refractivity contribution in [2.45, 2.75) is 50.2 Å². The van der Waals surface area contributed by atoms with Crippen LogP contribution in [0.4, 0.5) is 0 Å². The monoisotopic (exact) mass is 452 g/mol. The number of likely N-dealkylation sites (N-methyl/N-ethyl adjacent to an activating group) is 1. The van der Waals surface area contributed by atoms with E-state index in [1.165, 1.54) is 9.80 Å². The van der Waals surface area contributed by atoms with Crippen molar-refractivity contribution in [3.05, 3.63) is 22.7 Å². The van der Waals surface area contributed by atoms with E-state index in [1.807, 2.05) is 6.07 Å². The number of fused-ring (bicyclic) bond motifs is 1. The first-order valence-electron chi connectivity index (χ1n) is 11.0. The Morgan fingerprint density at radius 2 is 2.12 bits per heavy atom. The fourth-order valence-corrected chi connectivity index (χ4v) is 5.24. The fraction of sp³-hybridized carbons (Fsp3) is 0.522. The van der Waals surface area contributed by atoms with Gasteiger partial charge in [0.1, 0.15) is 23.6 Å². The predicted octanol–water partition coefficient (Wildman–Crippen LogP) is 2.73. The highest BCUT2D eigenvalue weighted by molar-refractivity contribution is 7.18. The molecule has 2 aliphatic carbocycles. The van der Waals surface area contributed by atoms with Crippen LogP contribution in [0.2, 0.25) is 0 Å². The summed E-state index contributed by atoms with van der Waals surface area (Å²) in [5.74, 6) is 0.197. The van der Waals surface area contributed by atoms with E-state index < -0.39 is 6.04 Å². The minimum absolute atomic E-state index is 0.157. The molecular formula is C23H24N4O4S. The van der Waals surface area contributed by atoms with Gasteiger partial charge in [-0.25, -0.2) is 4.98 Å². The fourth-order valence-electron chi connectivity index (χ4n) is 4.05. The lowest BCUT2D eigenvalue weighted by Gasteiger charge is -2.24. The Morgan fingerprint density at radius 1 is 1.34 bits per heavy atom. The first-order valence-corrected chi connectivity index (χ1v) is 11.8. The normalized spacial score (nSPS) is 22.6. The second kappa shape index (κ2) is 8.17. The summed E-state index contributed by atoms with van der Waals surface area (Å²) in [4.78, 5) is 44.6. The molecule has 2 aromatic rings. The quantitative estimate of drug-likeness (QED) is 0.599. The predicted molar refractivity (Wildman–Crippen MR) is 117 cm³/mol. The summed E-state index contributed by atoms with van der Waals surface area (Å²) in [5, 5.41) is 10.4. The van der Waals surface area contributed by atoms with Crippen molar-refractivity contribution in [1.29, 1.82) is 5.26 Å². The maximum atomic E-state index is 13.2. The molecule has 1 saturated heterocycles. The number of aldehydes is 1. The van der Waals surface area contributed by atoms with Gasteiger partial charge in [-0.2, -0.15) is 5.26 Å². The summed E-state index contributed by atoms with van der Waals surface area (Å²) in [7, 11) is 1.57. The highest BCUT2D eigenvalue weighted by Gasteiger charge is 2.36. The molecule has 3 aliphatic rings. The first-order chi connectivity index (χ1) is 15.5. The average molecular weight is 453 g/mol. The third-order valence-electron chi connectivity index (χ3n) is 6.18. The Hall–Kier alpha value is -2.99. The molecule has 3 fully saturated rings. The summed E-state index contributed by atoms with van der Waals surface area (Å²) in [6.07, 6.45) is 5.63. The molecule has 8 nitrogen and oxygen atoms in total. The second-order valence-corrected chi connectivity index (χ2v) is 10.0. The van der Waals surface area contributed by atoms with Gasteiger partial charge in [0.25, 0.3) is 5.91 Å². The van der Waals surface area contributed by atoms with Crippen LogP contribution in [0.3, 0.4) is 0 Å². The number of nitrogens with zero attached hydrogens (tertiary/aromatic N) is 4. The summed E-state index contributed by atoms with van der Waals surface area (Å²) in [6.45, 7) is 0.0637. The van der Waals surface area contributed by atoms with Gasteiger partial charge in [0, 0.05) is 31.0 Å². The van der Waals surface area contributed by atoms with E-state index in [9.17, 15) is 19.6 Å². The molecule has 0 N–H and O–H groups in total. The van der Waals surface area contributed by atoms with E-state index in [-0.39, 0.29) is 36.9 Å². The number of aromatic nitrogens is 1. The average Bonchev–Trinajstić information content (AvgIpc) is 3.71. The van der Waals surface area contributed by atoms with Crippen molar-refractivity contribution in [2.24, 2.45) is 5.92 Å². The SMILES string of the molecule is CN(CC(=O)N1CC(C=O)CC1C#N)C(=O)c1cc(OC2CC2)c2nc(C3CC3)sc2c1. The highest BCUT2D eigenvalue weighted by Crippen LogP contribution is 2.45. The Bertz CT molecular complexity index is 1130. The molecule has 0 radical (unpaired) electrons. The van der Waals surface area contributed by atoms with Crippen molar-refractivity contribution in [3.63, 3.8) is 0 Å². The molecule has 1 aliphatic heterocycles. The van der Waals surface area contributed by atoms with Gasteiger partial charge in [-0.3, -0.25) is 9.59 Å². The Kier molecular flexibility index (Phi) is 5.33. The van der Waals surface area contributed by atoms with E-state index in [2.05, 4.69) is 6.07 Å². The smallest absolute Gasteiger partial charge is 0.254 e. The molecule has 1 aromatic heterocycles. The lowest BCUT2D eigenvalue weighted by molar-refractivity contribution is -0.131. The third-order valence-corrected chi connectivity index (χ3v) is 7.35. The Morgan fingerprint density at radius 3 is 2.78 bits per heavy atom. The van der Waals surface area contributed by atoms with Crippen LogP contribution in [-0.2, 0) is 9.59 Å². The molecule has 166 valence electrons. The molecule has 9 heteroatoms. The van der Waals surface area contributed by atoms with Crippen molar-refractivity contribution < 1.29 is 19.1 Å². The maximum absolute atomic E-state index is 13.2. The molecule has 2 saturated carbocycles. The van der Waals surface area contributed by atoms with Crippen LogP contribution in [-0.4, -0.2) is 65.2 Å².